The molecule has 1 aliphatic rings. The largest absolute Gasteiger partial charge is 0.496 e. The zero-order valence-electron chi connectivity index (χ0n) is 14.4. The number of hydrogen-bond acceptors (Lipinski definition) is 4. The fraction of sp³-hybridized carbons (Fsp3) is 0.200. The maximum absolute atomic E-state index is 12.5. The zero-order chi connectivity index (χ0) is 17.6. The summed E-state index contributed by atoms with van der Waals surface area (Å²) in [5, 5.41) is 3.29. The normalized spacial score (nSPS) is 16.5. The average molecular weight is 333 g/mol. The van der Waals surface area contributed by atoms with E-state index in [2.05, 4.69) is 9.88 Å². The van der Waals surface area contributed by atoms with Crippen molar-refractivity contribution in [2.24, 2.45) is 0 Å². The molecule has 25 heavy (non-hydrogen) atoms. The van der Waals surface area contributed by atoms with E-state index < -0.39 is 0 Å². The highest BCUT2D eigenvalue weighted by Gasteiger charge is 2.33. The number of nitrogens with one attached hydrogen (secondary N) is 1. The zero-order valence-corrected chi connectivity index (χ0v) is 14.4. The number of carbonyl (C=O) groups is 1. The molecule has 1 aliphatic heterocycles. The Morgan fingerprint density at radius 1 is 1.16 bits per heavy atom. The van der Waals surface area contributed by atoms with Crippen molar-refractivity contribution in [3.63, 3.8) is 0 Å². The summed E-state index contributed by atoms with van der Waals surface area (Å²) < 4.78 is 7.66. The van der Waals surface area contributed by atoms with Gasteiger partial charge in [-0.1, -0.05) is 30.3 Å². The number of ether oxygens (including phenoxy) is 1. The molecule has 2 aromatic carbocycles. The summed E-state index contributed by atoms with van der Waals surface area (Å²) in [4.78, 5) is 17.2. The molecule has 1 N–H and O–H groups in total. The van der Waals surface area contributed by atoms with Crippen LogP contribution in [0.5, 0.6) is 5.75 Å². The second-order valence-electron chi connectivity index (χ2n) is 6.16. The smallest absolute Gasteiger partial charge is 0.209 e. The number of para-hydroxylation sites is 3. The Bertz CT molecular complexity index is 1020. The van der Waals surface area contributed by atoms with Gasteiger partial charge in [0.15, 0.2) is 5.78 Å². The molecule has 2 heterocycles. The van der Waals surface area contributed by atoms with E-state index in [-0.39, 0.29) is 11.8 Å². The number of hydrogen-bond donors (Lipinski definition) is 1. The Morgan fingerprint density at radius 2 is 1.88 bits per heavy atom. The number of anilines is 1. The van der Waals surface area contributed by atoms with Crippen LogP contribution in [0.4, 0.5) is 5.95 Å². The van der Waals surface area contributed by atoms with Gasteiger partial charge in [-0.15, -0.1) is 0 Å². The van der Waals surface area contributed by atoms with Gasteiger partial charge in [0.2, 0.25) is 5.95 Å². The van der Waals surface area contributed by atoms with E-state index in [1.54, 1.807) is 14.0 Å². The summed E-state index contributed by atoms with van der Waals surface area (Å²) in [5.74, 6) is 1.52. The van der Waals surface area contributed by atoms with Crippen molar-refractivity contribution in [2.45, 2.75) is 19.9 Å². The van der Waals surface area contributed by atoms with E-state index >= 15 is 0 Å². The van der Waals surface area contributed by atoms with Crippen LogP contribution in [-0.4, -0.2) is 22.4 Å². The number of Topliss-reactive ketones (excluding diaryl/α,β-unsaturated/α-hetero) is 1. The Balaban J connectivity index is 2.06. The van der Waals surface area contributed by atoms with Gasteiger partial charge < -0.3 is 10.1 Å². The van der Waals surface area contributed by atoms with E-state index in [1.807, 2.05) is 55.5 Å². The van der Waals surface area contributed by atoms with E-state index in [0.717, 1.165) is 39.6 Å². The molecule has 0 aliphatic carbocycles. The van der Waals surface area contributed by atoms with Crippen molar-refractivity contribution in [1.82, 2.24) is 9.55 Å². The summed E-state index contributed by atoms with van der Waals surface area (Å²) in [6, 6.07) is 15.5. The number of aromatic nitrogens is 2. The predicted octanol–water partition coefficient (Wildman–Crippen LogP) is 3.92. The third-order valence-corrected chi connectivity index (χ3v) is 4.64. The minimum Gasteiger partial charge on any atom is -0.496 e. The van der Waals surface area contributed by atoms with Crippen LogP contribution in [0.2, 0.25) is 0 Å². The molecule has 0 spiro atoms. The number of allylic oxidation sites excluding steroid dienone is 2. The summed E-state index contributed by atoms with van der Waals surface area (Å²) in [6.07, 6.45) is 0. The molecule has 3 aromatic rings. The van der Waals surface area contributed by atoms with Gasteiger partial charge >= 0.3 is 0 Å². The van der Waals surface area contributed by atoms with Gasteiger partial charge in [-0.25, -0.2) is 4.98 Å². The van der Waals surface area contributed by atoms with Crippen LogP contribution in [0.1, 0.15) is 25.5 Å². The summed E-state index contributed by atoms with van der Waals surface area (Å²) in [7, 11) is 1.65. The van der Waals surface area contributed by atoms with Gasteiger partial charge in [0, 0.05) is 16.8 Å². The summed E-state index contributed by atoms with van der Waals surface area (Å²) in [5.41, 5.74) is 4.36. The molecule has 0 saturated heterocycles. The predicted molar refractivity (Wildman–Crippen MR) is 97.9 cm³/mol. The first kappa shape index (κ1) is 15.4. The summed E-state index contributed by atoms with van der Waals surface area (Å²) in [6.45, 7) is 3.52. The minimum absolute atomic E-state index is 0.0318. The first-order chi connectivity index (χ1) is 12.1. The molecule has 5 heteroatoms. The Hall–Kier alpha value is -3.08. The van der Waals surface area contributed by atoms with Gasteiger partial charge in [0.05, 0.1) is 24.2 Å². The van der Waals surface area contributed by atoms with Crippen LogP contribution in [0, 0.1) is 0 Å². The topological polar surface area (TPSA) is 56.1 Å². The van der Waals surface area contributed by atoms with Crippen molar-refractivity contribution in [3.8, 4) is 5.75 Å². The molecule has 0 saturated carbocycles. The van der Waals surface area contributed by atoms with Crippen LogP contribution in [0.15, 0.2) is 59.8 Å². The average Bonchev–Trinajstić information content (AvgIpc) is 2.98. The van der Waals surface area contributed by atoms with Crippen molar-refractivity contribution in [3.05, 3.63) is 65.4 Å². The van der Waals surface area contributed by atoms with Crippen LogP contribution in [-0.2, 0) is 4.79 Å². The van der Waals surface area contributed by atoms with Crippen LogP contribution in [0.3, 0.4) is 0 Å². The molecule has 126 valence electrons. The molecule has 1 aromatic heterocycles. The molecule has 5 nitrogen and oxygen atoms in total. The summed E-state index contributed by atoms with van der Waals surface area (Å²) >= 11 is 0. The van der Waals surface area contributed by atoms with E-state index in [4.69, 9.17) is 9.72 Å². The molecule has 1 atom stereocenters. The number of nitrogens with zero attached hydrogens (tertiary/aromatic N) is 2. The van der Waals surface area contributed by atoms with E-state index in [9.17, 15) is 4.79 Å². The number of fused-ring (bicyclic) bond motifs is 3. The maximum Gasteiger partial charge on any atom is 0.209 e. The number of benzene rings is 2. The fourth-order valence-corrected chi connectivity index (χ4v) is 3.61. The van der Waals surface area contributed by atoms with Crippen molar-refractivity contribution < 1.29 is 9.53 Å². The second kappa shape index (κ2) is 5.77. The highest BCUT2D eigenvalue weighted by atomic mass is 16.5. The molecule has 1 unspecified atom stereocenters. The molecule has 0 fully saturated rings. The Morgan fingerprint density at radius 3 is 2.64 bits per heavy atom. The molecular weight excluding hydrogens is 314 g/mol. The Kier molecular flexibility index (Phi) is 3.57. The molecule has 4 rings (SSSR count). The molecule has 0 amide bonds. The number of carbonyl (C=O) groups excluding carboxylic acids is 1. The van der Waals surface area contributed by atoms with Crippen molar-refractivity contribution in [1.29, 1.82) is 0 Å². The quantitative estimate of drug-likeness (QED) is 0.789. The van der Waals surface area contributed by atoms with Gasteiger partial charge in [-0.2, -0.15) is 0 Å². The highest BCUT2D eigenvalue weighted by Crippen LogP contribution is 2.42. The lowest BCUT2D eigenvalue weighted by molar-refractivity contribution is -0.114. The maximum atomic E-state index is 12.5. The van der Waals surface area contributed by atoms with Crippen LogP contribution in [0.25, 0.3) is 11.0 Å². The number of ketones is 1. The standard InChI is InChI=1S/C20H19N3O2/c1-12-18(13(2)24)19(14-8-4-7-11-17(14)25-3)23-16-10-6-5-9-15(16)22-20(23)21-12/h4-11,19H,1-3H3,(H,21,22). The van der Waals surface area contributed by atoms with E-state index in [1.165, 1.54) is 0 Å². The number of rotatable bonds is 3. The lowest BCUT2D eigenvalue weighted by Gasteiger charge is -2.31. The molecule has 0 bridgehead atoms. The SMILES string of the molecule is COc1ccccc1C1C(C(C)=O)=C(C)Nc2nc3ccccc3n21. The van der Waals surface area contributed by atoms with Gasteiger partial charge in [-0.05, 0) is 32.0 Å². The Labute approximate surface area is 145 Å². The molecular formula is C20H19N3O2. The van der Waals surface area contributed by atoms with Crippen LogP contribution >= 0.6 is 0 Å². The van der Waals surface area contributed by atoms with Crippen LogP contribution < -0.4 is 10.1 Å². The third kappa shape index (κ3) is 2.31. The minimum atomic E-state index is -0.280. The monoisotopic (exact) mass is 333 g/mol. The van der Waals surface area contributed by atoms with Crippen molar-refractivity contribution >= 4 is 22.8 Å². The van der Waals surface area contributed by atoms with E-state index in [0.29, 0.717) is 0 Å². The van der Waals surface area contributed by atoms with Crippen molar-refractivity contribution in [2.75, 3.05) is 12.4 Å². The lowest BCUT2D eigenvalue weighted by Crippen LogP contribution is -2.27. The van der Waals surface area contributed by atoms with Gasteiger partial charge in [-0.3, -0.25) is 9.36 Å². The fourth-order valence-electron chi connectivity index (χ4n) is 3.61. The highest BCUT2D eigenvalue weighted by molar-refractivity contribution is 5.97. The number of imidazole rings is 1. The second-order valence-corrected chi connectivity index (χ2v) is 6.16. The van der Waals surface area contributed by atoms with Gasteiger partial charge in [0.1, 0.15) is 5.75 Å². The lowest BCUT2D eigenvalue weighted by atomic mass is 9.92. The molecule has 0 radical (unpaired) electrons. The van der Waals surface area contributed by atoms with Gasteiger partial charge in [0.25, 0.3) is 0 Å². The number of methoxy groups -OCH3 is 1. The first-order valence-electron chi connectivity index (χ1n) is 8.20. The first-order valence-corrected chi connectivity index (χ1v) is 8.20. The third-order valence-electron chi connectivity index (χ3n) is 4.64.